The van der Waals surface area contributed by atoms with Crippen molar-refractivity contribution in [1.82, 2.24) is 4.90 Å². The van der Waals surface area contributed by atoms with Gasteiger partial charge in [0.25, 0.3) is 0 Å². The predicted molar refractivity (Wildman–Crippen MR) is 59.6 cm³/mol. The Morgan fingerprint density at radius 3 is 2.14 bits per heavy atom. The van der Waals surface area contributed by atoms with Crippen molar-refractivity contribution in [3.05, 3.63) is 0 Å². The molecule has 1 unspecified atom stereocenters. The van der Waals surface area contributed by atoms with Crippen molar-refractivity contribution in [2.24, 2.45) is 0 Å². The van der Waals surface area contributed by atoms with Gasteiger partial charge >= 0.3 is 0 Å². The van der Waals surface area contributed by atoms with E-state index < -0.39 is 0 Å². The van der Waals surface area contributed by atoms with Crippen LogP contribution in [-0.4, -0.2) is 24.0 Å². The SMILES string of the molecule is C#CCC(CC#N)N(CCC)CCC. The van der Waals surface area contributed by atoms with Crippen LogP contribution in [0.4, 0.5) is 0 Å². The van der Waals surface area contributed by atoms with Crippen molar-refractivity contribution in [2.75, 3.05) is 13.1 Å². The molecular formula is C12H20N2. The number of hydrogen-bond acceptors (Lipinski definition) is 2. The number of terminal acetylenes is 1. The molecule has 0 spiro atoms. The molecule has 0 fully saturated rings. The molecule has 2 heteroatoms. The first-order chi connectivity index (χ1) is 6.79. The van der Waals surface area contributed by atoms with Crippen LogP contribution in [0.2, 0.25) is 0 Å². The lowest BCUT2D eigenvalue weighted by molar-refractivity contribution is 0.201. The molecule has 0 aromatic heterocycles. The standard InChI is InChI=1S/C12H20N2/c1-4-7-12(8-9-13)14(10-5-2)11-6-3/h1,12H,5-8,10-11H2,2-3H3. The monoisotopic (exact) mass is 192 g/mol. The van der Waals surface area contributed by atoms with Crippen LogP contribution in [0.5, 0.6) is 0 Å². The Kier molecular flexibility index (Phi) is 7.99. The zero-order valence-electron chi connectivity index (χ0n) is 9.29. The molecule has 1 atom stereocenters. The summed E-state index contributed by atoms with van der Waals surface area (Å²) in [5.74, 6) is 2.66. The number of nitrogens with zero attached hydrogens (tertiary/aromatic N) is 2. The molecule has 0 aliphatic heterocycles. The Morgan fingerprint density at radius 2 is 1.79 bits per heavy atom. The van der Waals surface area contributed by atoms with Gasteiger partial charge in [0, 0.05) is 12.5 Å². The van der Waals surface area contributed by atoms with Gasteiger partial charge in [0.2, 0.25) is 0 Å². The van der Waals surface area contributed by atoms with Crippen molar-refractivity contribution in [2.45, 2.75) is 45.6 Å². The molecule has 14 heavy (non-hydrogen) atoms. The third-order valence-corrected chi connectivity index (χ3v) is 2.22. The second-order valence-electron chi connectivity index (χ2n) is 3.46. The van der Waals surface area contributed by atoms with Crippen LogP contribution < -0.4 is 0 Å². The summed E-state index contributed by atoms with van der Waals surface area (Å²) >= 11 is 0. The van der Waals surface area contributed by atoms with Crippen molar-refractivity contribution in [1.29, 1.82) is 5.26 Å². The normalized spacial score (nSPS) is 12.1. The van der Waals surface area contributed by atoms with E-state index in [4.69, 9.17) is 11.7 Å². The molecule has 0 rings (SSSR count). The summed E-state index contributed by atoms with van der Waals surface area (Å²) in [6.45, 7) is 6.40. The Balaban J connectivity index is 4.23. The lowest BCUT2D eigenvalue weighted by Gasteiger charge is -2.28. The first kappa shape index (κ1) is 13.0. The highest BCUT2D eigenvalue weighted by Crippen LogP contribution is 2.09. The van der Waals surface area contributed by atoms with Gasteiger partial charge in [0.05, 0.1) is 12.5 Å². The third-order valence-electron chi connectivity index (χ3n) is 2.22. The fourth-order valence-electron chi connectivity index (χ4n) is 1.62. The van der Waals surface area contributed by atoms with Crippen molar-refractivity contribution < 1.29 is 0 Å². The maximum absolute atomic E-state index is 8.70. The molecule has 78 valence electrons. The van der Waals surface area contributed by atoms with E-state index in [9.17, 15) is 0 Å². The van der Waals surface area contributed by atoms with E-state index >= 15 is 0 Å². The summed E-state index contributed by atoms with van der Waals surface area (Å²) in [6, 6.07) is 2.47. The maximum atomic E-state index is 8.70. The average Bonchev–Trinajstić information content (AvgIpc) is 2.17. The third kappa shape index (κ3) is 4.90. The smallest absolute Gasteiger partial charge is 0.0638 e. The van der Waals surface area contributed by atoms with Crippen LogP contribution in [-0.2, 0) is 0 Å². The largest absolute Gasteiger partial charge is 0.298 e. The van der Waals surface area contributed by atoms with Crippen LogP contribution in [0.25, 0.3) is 0 Å². The number of nitriles is 1. The van der Waals surface area contributed by atoms with E-state index in [1.54, 1.807) is 0 Å². The molecular weight excluding hydrogens is 172 g/mol. The predicted octanol–water partition coefficient (Wildman–Crippen LogP) is 2.41. The number of rotatable bonds is 7. The van der Waals surface area contributed by atoms with Gasteiger partial charge in [0.15, 0.2) is 0 Å². The van der Waals surface area contributed by atoms with Crippen molar-refractivity contribution in [3.63, 3.8) is 0 Å². The summed E-state index contributed by atoms with van der Waals surface area (Å²) in [5.41, 5.74) is 0. The topological polar surface area (TPSA) is 27.0 Å². The second kappa shape index (κ2) is 8.60. The molecule has 2 nitrogen and oxygen atoms in total. The lowest BCUT2D eigenvalue weighted by atomic mass is 10.1. The van der Waals surface area contributed by atoms with E-state index in [0.717, 1.165) is 25.9 Å². The number of hydrogen-bond donors (Lipinski definition) is 0. The first-order valence-corrected chi connectivity index (χ1v) is 5.34. The van der Waals surface area contributed by atoms with E-state index in [0.29, 0.717) is 12.8 Å². The molecule has 0 N–H and O–H groups in total. The molecule has 0 amide bonds. The Labute approximate surface area is 87.9 Å². The van der Waals surface area contributed by atoms with Crippen LogP contribution in [0.1, 0.15) is 39.5 Å². The van der Waals surface area contributed by atoms with E-state index in [1.165, 1.54) is 0 Å². The molecule has 0 saturated heterocycles. The zero-order chi connectivity index (χ0) is 10.8. The summed E-state index contributed by atoms with van der Waals surface area (Å²) in [5, 5.41) is 8.70. The molecule has 0 heterocycles. The molecule has 0 radical (unpaired) electrons. The summed E-state index contributed by atoms with van der Waals surface area (Å²) in [4.78, 5) is 2.34. The Bertz CT molecular complexity index is 187. The van der Waals surface area contributed by atoms with Crippen LogP contribution in [0.3, 0.4) is 0 Å². The highest BCUT2D eigenvalue weighted by Gasteiger charge is 2.15. The molecule has 0 aromatic carbocycles. The molecule has 0 saturated carbocycles. The minimum absolute atomic E-state index is 0.255. The van der Waals surface area contributed by atoms with Crippen LogP contribution in [0.15, 0.2) is 0 Å². The highest BCUT2D eigenvalue weighted by molar-refractivity contribution is 4.94. The van der Waals surface area contributed by atoms with Crippen LogP contribution >= 0.6 is 0 Å². The minimum atomic E-state index is 0.255. The van der Waals surface area contributed by atoms with Gasteiger partial charge in [-0.25, -0.2) is 0 Å². The van der Waals surface area contributed by atoms with Gasteiger partial charge < -0.3 is 0 Å². The summed E-state index contributed by atoms with van der Waals surface area (Å²) in [7, 11) is 0. The minimum Gasteiger partial charge on any atom is -0.298 e. The van der Waals surface area contributed by atoms with Gasteiger partial charge in [0.1, 0.15) is 0 Å². The second-order valence-corrected chi connectivity index (χ2v) is 3.46. The molecule has 0 aliphatic rings. The van der Waals surface area contributed by atoms with E-state index in [2.05, 4.69) is 30.7 Å². The first-order valence-electron chi connectivity index (χ1n) is 5.34. The Morgan fingerprint density at radius 1 is 1.21 bits per heavy atom. The van der Waals surface area contributed by atoms with E-state index in [1.807, 2.05) is 0 Å². The van der Waals surface area contributed by atoms with Gasteiger partial charge in [-0.15, -0.1) is 12.3 Å². The zero-order valence-corrected chi connectivity index (χ0v) is 9.29. The average molecular weight is 192 g/mol. The van der Waals surface area contributed by atoms with Crippen LogP contribution in [0, 0.1) is 23.7 Å². The molecule has 0 aliphatic carbocycles. The maximum Gasteiger partial charge on any atom is 0.0638 e. The van der Waals surface area contributed by atoms with Gasteiger partial charge in [-0.3, -0.25) is 4.90 Å². The molecule has 0 aromatic rings. The van der Waals surface area contributed by atoms with E-state index in [-0.39, 0.29) is 6.04 Å². The van der Waals surface area contributed by atoms with Gasteiger partial charge in [-0.05, 0) is 25.9 Å². The lowest BCUT2D eigenvalue weighted by Crippen LogP contribution is -2.36. The summed E-state index contributed by atoms with van der Waals surface area (Å²) in [6.07, 6.45) is 8.77. The Hall–Kier alpha value is -0.990. The fraction of sp³-hybridized carbons (Fsp3) is 0.750. The molecule has 0 bridgehead atoms. The van der Waals surface area contributed by atoms with Gasteiger partial charge in [-0.2, -0.15) is 5.26 Å². The van der Waals surface area contributed by atoms with Crippen molar-refractivity contribution >= 4 is 0 Å². The van der Waals surface area contributed by atoms with Crippen molar-refractivity contribution in [3.8, 4) is 18.4 Å². The highest BCUT2D eigenvalue weighted by atomic mass is 15.1. The quantitative estimate of drug-likeness (QED) is 0.579. The summed E-state index contributed by atoms with van der Waals surface area (Å²) < 4.78 is 0. The fourth-order valence-corrected chi connectivity index (χ4v) is 1.62. The van der Waals surface area contributed by atoms with Gasteiger partial charge in [-0.1, -0.05) is 13.8 Å².